The summed E-state index contributed by atoms with van der Waals surface area (Å²) in [6.45, 7) is 4.48. The Kier molecular flexibility index (Phi) is 3.47. The van der Waals surface area contributed by atoms with Crippen LogP contribution in [0.4, 0.5) is 0 Å². The van der Waals surface area contributed by atoms with Crippen molar-refractivity contribution < 1.29 is 4.42 Å². The summed E-state index contributed by atoms with van der Waals surface area (Å²) < 4.78 is 5.45. The molecule has 0 aliphatic heterocycles. The summed E-state index contributed by atoms with van der Waals surface area (Å²) in [5, 5.41) is 3.65. The minimum atomic E-state index is 0.383. The van der Waals surface area contributed by atoms with E-state index in [2.05, 4.69) is 25.2 Å². The Bertz CT molecular complexity index is 277. The standard InChI is InChI=1S/C13H21NO/c1-3-12(13-5-4-8-15-13)14-10(2)9-11-6-7-11/h4-5,8,10-12,14H,3,6-7,9H2,1-2H3. The van der Waals surface area contributed by atoms with Gasteiger partial charge in [0.1, 0.15) is 5.76 Å². The Morgan fingerprint density at radius 3 is 2.87 bits per heavy atom. The van der Waals surface area contributed by atoms with Crippen molar-refractivity contribution in [2.45, 2.75) is 51.6 Å². The summed E-state index contributed by atoms with van der Waals surface area (Å²) in [6.07, 6.45) is 7.03. The lowest BCUT2D eigenvalue weighted by Gasteiger charge is -2.20. The number of hydrogen-bond acceptors (Lipinski definition) is 2. The van der Waals surface area contributed by atoms with Gasteiger partial charge < -0.3 is 9.73 Å². The van der Waals surface area contributed by atoms with Crippen molar-refractivity contribution in [3.8, 4) is 0 Å². The largest absolute Gasteiger partial charge is 0.468 e. The van der Waals surface area contributed by atoms with E-state index in [0.29, 0.717) is 12.1 Å². The van der Waals surface area contributed by atoms with Gasteiger partial charge in [0.15, 0.2) is 0 Å². The first kappa shape index (κ1) is 10.7. The molecule has 2 atom stereocenters. The number of furan rings is 1. The van der Waals surface area contributed by atoms with E-state index < -0.39 is 0 Å². The first-order valence-electron chi connectivity index (χ1n) is 6.09. The van der Waals surface area contributed by atoms with Crippen LogP contribution < -0.4 is 5.32 Å². The summed E-state index contributed by atoms with van der Waals surface area (Å²) in [4.78, 5) is 0. The molecular weight excluding hydrogens is 186 g/mol. The van der Waals surface area contributed by atoms with Gasteiger partial charge in [-0.15, -0.1) is 0 Å². The SMILES string of the molecule is CCC(NC(C)CC1CC1)c1ccco1. The molecule has 1 N–H and O–H groups in total. The van der Waals surface area contributed by atoms with Gasteiger partial charge in [-0.05, 0) is 37.8 Å². The maximum atomic E-state index is 5.45. The summed E-state index contributed by atoms with van der Waals surface area (Å²) >= 11 is 0. The van der Waals surface area contributed by atoms with Crippen molar-refractivity contribution >= 4 is 0 Å². The van der Waals surface area contributed by atoms with Gasteiger partial charge in [-0.25, -0.2) is 0 Å². The van der Waals surface area contributed by atoms with Gasteiger partial charge in [0.2, 0.25) is 0 Å². The van der Waals surface area contributed by atoms with Gasteiger partial charge in [-0.1, -0.05) is 19.8 Å². The van der Waals surface area contributed by atoms with Gasteiger partial charge in [0.25, 0.3) is 0 Å². The fourth-order valence-corrected chi connectivity index (χ4v) is 2.16. The molecule has 2 nitrogen and oxygen atoms in total. The van der Waals surface area contributed by atoms with Crippen LogP contribution in [0.2, 0.25) is 0 Å². The molecule has 1 aromatic heterocycles. The minimum Gasteiger partial charge on any atom is -0.468 e. The second-order valence-corrected chi connectivity index (χ2v) is 4.72. The number of nitrogens with one attached hydrogen (secondary N) is 1. The molecular formula is C13H21NO. The summed E-state index contributed by atoms with van der Waals surface area (Å²) in [6, 6.07) is 5.01. The Morgan fingerprint density at radius 1 is 1.53 bits per heavy atom. The second kappa shape index (κ2) is 4.84. The lowest BCUT2D eigenvalue weighted by Crippen LogP contribution is -2.30. The van der Waals surface area contributed by atoms with E-state index in [-0.39, 0.29) is 0 Å². The number of hydrogen-bond donors (Lipinski definition) is 1. The third kappa shape index (κ3) is 3.10. The lowest BCUT2D eigenvalue weighted by molar-refractivity contribution is 0.357. The van der Waals surface area contributed by atoms with Crippen molar-refractivity contribution in [1.82, 2.24) is 5.32 Å². The molecule has 1 heterocycles. The Hall–Kier alpha value is -0.760. The lowest BCUT2D eigenvalue weighted by atomic mass is 10.1. The highest BCUT2D eigenvalue weighted by molar-refractivity contribution is 5.04. The van der Waals surface area contributed by atoms with Gasteiger partial charge >= 0.3 is 0 Å². The van der Waals surface area contributed by atoms with E-state index in [1.54, 1.807) is 6.26 Å². The first-order chi connectivity index (χ1) is 7.29. The second-order valence-electron chi connectivity index (χ2n) is 4.72. The van der Waals surface area contributed by atoms with Crippen LogP contribution in [0.3, 0.4) is 0 Å². The average molecular weight is 207 g/mol. The molecule has 0 bridgehead atoms. The van der Waals surface area contributed by atoms with Crippen molar-refractivity contribution in [2.24, 2.45) is 5.92 Å². The van der Waals surface area contributed by atoms with E-state index in [1.165, 1.54) is 19.3 Å². The molecule has 2 unspecified atom stereocenters. The van der Waals surface area contributed by atoms with Crippen molar-refractivity contribution in [3.05, 3.63) is 24.2 Å². The molecule has 1 aromatic rings. The van der Waals surface area contributed by atoms with Crippen LogP contribution in [0.15, 0.2) is 22.8 Å². The van der Waals surface area contributed by atoms with Gasteiger partial charge in [0, 0.05) is 6.04 Å². The molecule has 2 rings (SSSR count). The van der Waals surface area contributed by atoms with Crippen molar-refractivity contribution in [2.75, 3.05) is 0 Å². The van der Waals surface area contributed by atoms with E-state index in [4.69, 9.17) is 4.42 Å². The molecule has 0 spiro atoms. The highest BCUT2D eigenvalue weighted by atomic mass is 16.3. The monoisotopic (exact) mass is 207 g/mol. The van der Waals surface area contributed by atoms with Crippen LogP contribution in [0.5, 0.6) is 0 Å². The van der Waals surface area contributed by atoms with E-state index in [9.17, 15) is 0 Å². The molecule has 15 heavy (non-hydrogen) atoms. The maximum Gasteiger partial charge on any atom is 0.120 e. The van der Waals surface area contributed by atoms with Crippen LogP contribution in [0, 0.1) is 5.92 Å². The minimum absolute atomic E-state index is 0.383. The highest BCUT2D eigenvalue weighted by Crippen LogP contribution is 2.34. The normalized spacial score (nSPS) is 20.1. The summed E-state index contributed by atoms with van der Waals surface area (Å²) in [5.41, 5.74) is 0. The maximum absolute atomic E-state index is 5.45. The number of rotatable bonds is 6. The molecule has 1 aliphatic carbocycles. The van der Waals surface area contributed by atoms with E-state index >= 15 is 0 Å². The molecule has 84 valence electrons. The Balaban J connectivity index is 1.84. The molecule has 0 radical (unpaired) electrons. The van der Waals surface area contributed by atoms with Gasteiger partial charge in [0.05, 0.1) is 12.3 Å². The third-order valence-electron chi connectivity index (χ3n) is 3.16. The topological polar surface area (TPSA) is 25.2 Å². The van der Waals surface area contributed by atoms with Crippen LogP contribution in [-0.2, 0) is 0 Å². The smallest absolute Gasteiger partial charge is 0.120 e. The molecule has 0 amide bonds. The van der Waals surface area contributed by atoms with E-state index in [1.807, 2.05) is 6.07 Å². The third-order valence-corrected chi connectivity index (χ3v) is 3.16. The molecule has 1 fully saturated rings. The van der Waals surface area contributed by atoms with Crippen LogP contribution >= 0.6 is 0 Å². The zero-order chi connectivity index (χ0) is 10.7. The molecule has 2 heteroatoms. The van der Waals surface area contributed by atoms with Crippen LogP contribution in [0.25, 0.3) is 0 Å². The zero-order valence-electron chi connectivity index (χ0n) is 9.70. The van der Waals surface area contributed by atoms with Gasteiger partial charge in [-0.2, -0.15) is 0 Å². The van der Waals surface area contributed by atoms with Gasteiger partial charge in [-0.3, -0.25) is 0 Å². The predicted molar refractivity (Wildman–Crippen MR) is 61.7 cm³/mol. The molecule has 1 saturated carbocycles. The zero-order valence-corrected chi connectivity index (χ0v) is 9.70. The predicted octanol–water partition coefficient (Wildman–Crippen LogP) is 3.51. The Morgan fingerprint density at radius 2 is 2.33 bits per heavy atom. The summed E-state index contributed by atoms with van der Waals surface area (Å²) in [7, 11) is 0. The fraction of sp³-hybridized carbons (Fsp3) is 0.692. The molecule has 0 aromatic carbocycles. The molecule has 0 saturated heterocycles. The highest BCUT2D eigenvalue weighted by Gasteiger charge is 2.24. The van der Waals surface area contributed by atoms with Crippen molar-refractivity contribution in [3.63, 3.8) is 0 Å². The molecule has 1 aliphatic rings. The van der Waals surface area contributed by atoms with Crippen LogP contribution in [-0.4, -0.2) is 6.04 Å². The average Bonchev–Trinajstić information content (AvgIpc) is 2.86. The quantitative estimate of drug-likeness (QED) is 0.772. The van der Waals surface area contributed by atoms with E-state index in [0.717, 1.165) is 18.1 Å². The summed E-state index contributed by atoms with van der Waals surface area (Å²) in [5.74, 6) is 2.06. The first-order valence-corrected chi connectivity index (χ1v) is 6.09. The fourth-order valence-electron chi connectivity index (χ4n) is 2.16. The van der Waals surface area contributed by atoms with Crippen molar-refractivity contribution in [1.29, 1.82) is 0 Å². The Labute approximate surface area is 92.1 Å². The van der Waals surface area contributed by atoms with Crippen LogP contribution in [0.1, 0.15) is 51.3 Å².